The molecule has 2 atom stereocenters. The fraction of sp³-hybridized carbons (Fsp3) is 0.833. The van der Waals surface area contributed by atoms with Gasteiger partial charge in [-0.2, -0.15) is 5.26 Å². The molecule has 0 radical (unpaired) electrons. The van der Waals surface area contributed by atoms with Crippen LogP contribution in [0.25, 0.3) is 0 Å². The molecule has 3 heteroatoms. The lowest BCUT2D eigenvalue weighted by Gasteiger charge is -2.05. The smallest absolute Gasteiger partial charge is 0.159 e. The highest BCUT2D eigenvalue weighted by molar-refractivity contribution is 4.87. The molecule has 3 nitrogen and oxygen atoms in total. The second kappa shape index (κ2) is 2.81. The molecule has 0 saturated carbocycles. The van der Waals surface area contributed by atoms with Gasteiger partial charge in [0.2, 0.25) is 0 Å². The molecule has 1 saturated heterocycles. The Morgan fingerprint density at radius 3 is 2.78 bits per heavy atom. The topological polar surface area (TPSA) is 42.2 Å². The van der Waals surface area contributed by atoms with Crippen molar-refractivity contribution >= 4 is 0 Å². The molecular formula is C6H9NO2. The van der Waals surface area contributed by atoms with E-state index in [0.29, 0.717) is 0 Å². The Hall–Kier alpha value is -0.590. The molecule has 2 unspecified atom stereocenters. The van der Waals surface area contributed by atoms with Gasteiger partial charge in [-0.25, -0.2) is 0 Å². The van der Waals surface area contributed by atoms with Gasteiger partial charge in [-0.3, -0.25) is 0 Å². The Kier molecular flexibility index (Phi) is 2.04. The summed E-state index contributed by atoms with van der Waals surface area (Å²) in [4.78, 5) is 0. The van der Waals surface area contributed by atoms with E-state index in [1.165, 1.54) is 0 Å². The van der Waals surface area contributed by atoms with Crippen molar-refractivity contribution in [2.45, 2.75) is 25.2 Å². The summed E-state index contributed by atoms with van der Waals surface area (Å²) in [7, 11) is 1.59. The van der Waals surface area contributed by atoms with E-state index < -0.39 is 0 Å². The maximum Gasteiger partial charge on any atom is 0.159 e. The zero-order valence-corrected chi connectivity index (χ0v) is 5.33. The number of nitrogens with zero attached hydrogens (tertiary/aromatic N) is 1. The van der Waals surface area contributed by atoms with Gasteiger partial charge in [0.1, 0.15) is 6.10 Å². The Labute approximate surface area is 54.2 Å². The molecule has 0 spiro atoms. The number of nitriles is 1. The first-order valence-electron chi connectivity index (χ1n) is 2.94. The first-order chi connectivity index (χ1) is 4.36. The van der Waals surface area contributed by atoms with Gasteiger partial charge in [-0.1, -0.05) is 0 Å². The van der Waals surface area contributed by atoms with Crippen LogP contribution in [-0.2, 0) is 9.47 Å². The molecule has 0 aromatic heterocycles. The molecule has 1 heterocycles. The minimum Gasteiger partial charge on any atom is -0.356 e. The molecule has 0 amide bonds. The van der Waals surface area contributed by atoms with Crippen LogP contribution in [0.15, 0.2) is 0 Å². The van der Waals surface area contributed by atoms with Crippen LogP contribution < -0.4 is 0 Å². The van der Waals surface area contributed by atoms with Crippen molar-refractivity contribution in [1.29, 1.82) is 5.26 Å². The summed E-state index contributed by atoms with van der Waals surface area (Å²) in [6.45, 7) is 0. The van der Waals surface area contributed by atoms with Gasteiger partial charge in [0.05, 0.1) is 6.07 Å². The molecule has 0 N–H and O–H groups in total. The maximum atomic E-state index is 8.35. The van der Waals surface area contributed by atoms with E-state index in [0.717, 1.165) is 12.8 Å². The fourth-order valence-electron chi connectivity index (χ4n) is 0.875. The van der Waals surface area contributed by atoms with E-state index in [-0.39, 0.29) is 12.4 Å². The summed E-state index contributed by atoms with van der Waals surface area (Å²) in [5, 5.41) is 8.35. The Morgan fingerprint density at radius 2 is 2.44 bits per heavy atom. The average Bonchev–Trinajstić information content (AvgIpc) is 2.34. The number of hydrogen-bond acceptors (Lipinski definition) is 3. The lowest BCUT2D eigenvalue weighted by atomic mass is 10.2. The predicted molar refractivity (Wildman–Crippen MR) is 30.5 cm³/mol. The number of methoxy groups -OCH3 is 1. The molecule has 1 fully saturated rings. The van der Waals surface area contributed by atoms with Crippen LogP contribution in [0.4, 0.5) is 0 Å². The summed E-state index contributed by atoms with van der Waals surface area (Å²) in [5.74, 6) is 0. The van der Waals surface area contributed by atoms with Crippen molar-refractivity contribution in [3.63, 3.8) is 0 Å². The van der Waals surface area contributed by atoms with Crippen LogP contribution in [0.1, 0.15) is 12.8 Å². The van der Waals surface area contributed by atoms with Crippen molar-refractivity contribution in [3.05, 3.63) is 0 Å². The van der Waals surface area contributed by atoms with E-state index in [1.54, 1.807) is 7.11 Å². The Balaban J connectivity index is 2.31. The Bertz CT molecular complexity index is 130. The molecule has 9 heavy (non-hydrogen) atoms. The van der Waals surface area contributed by atoms with Crippen LogP contribution in [-0.4, -0.2) is 19.5 Å². The highest BCUT2D eigenvalue weighted by Gasteiger charge is 2.23. The number of ether oxygens (including phenoxy) is 2. The SMILES string of the molecule is COC1CCC(C#N)O1. The molecule has 0 aliphatic carbocycles. The van der Waals surface area contributed by atoms with E-state index in [9.17, 15) is 0 Å². The van der Waals surface area contributed by atoms with E-state index >= 15 is 0 Å². The minimum atomic E-state index is -0.241. The summed E-state index contributed by atoms with van der Waals surface area (Å²) in [6.07, 6.45) is 1.26. The van der Waals surface area contributed by atoms with Crippen molar-refractivity contribution < 1.29 is 9.47 Å². The third kappa shape index (κ3) is 1.41. The predicted octanol–water partition coefficient (Wildman–Crippen LogP) is 0.661. The molecule has 1 aliphatic heterocycles. The molecule has 1 rings (SSSR count). The molecule has 0 aromatic carbocycles. The molecule has 0 aromatic rings. The van der Waals surface area contributed by atoms with E-state index in [1.807, 2.05) is 6.07 Å². The lowest BCUT2D eigenvalue weighted by Crippen LogP contribution is -2.10. The average molecular weight is 127 g/mol. The van der Waals surface area contributed by atoms with Crippen LogP contribution in [0.5, 0.6) is 0 Å². The van der Waals surface area contributed by atoms with Crippen LogP contribution in [0, 0.1) is 11.3 Å². The first-order valence-corrected chi connectivity index (χ1v) is 2.94. The highest BCUT2D eigenvalue weighted by Crippen LogP contribution is 2.18. The van der Waals surface area contributed by atoms with Crippen LogP contribution in [0.3, 0.4) is 0 Å². The van der Waals surface area contributed by atoms with Crippen molar-refractivity contribution in [1.82, 2.24) is 0 Å². The van der Waals surface area contributed by atoms with Gasteiger partial charge in [-0.15, -0.1) is 0 Å². The van der Waals surface area contributed by atoms with Crippen molar-refractivity contribution in [3.8, 4) is 6.07 Å². The largest absolute Gasteiger partial charge is 0.356 e. The molecule has 1 aliphatic rings. The maximum absolute atomic E-state index is 8.35. The van der Waals surface area contributed by atoms with Gasteiger partial charge in [0.25, 0.3) is 0 Å². The zero-order chi connectivity index (χ0) is 6.69. The molecular weight excluding hydrogens is 118 g/mol. The van der Waals surface area contributed by atoms with Gasteiger partial charge in [-0.05, 0) is 6.42 Å². The molecule has 50 valence electrons. The van der Waals surface area contributed by atoms with Gasteiger partial charge < -0.3 is 9.47 Å². The van der Waals surface area contributed by atoms with Crippen LogP contribution in [0.2, 0.25) is 0 Å². The third-order valence-electron chi connectivity index (χ3n) is 1.39. The summed E-state index contributed by atoms with van der Waals surface area (Å²) >= 11 is 0. The molecule has 0 bridgehead atoms. The van der Waals surface area contributed by atoms with Gasteiger partial charge >= 0.3 is 0 Å². The normalized spacial score (nSPS) is 34.2. The quantitative estimate of drug-likeness (QED) is 0.519. The Morgan fingerprint density at radius 1 is 1.67 bits per heavy atom. The first kappa shape index (κ1) is 6.53. The van der Waals surface area contributed by atoms with E-state index in [2.05, 4.69) is 0 Å². The van der Waals surface area contributed by atoms with Crippen LogP contribution >= 0.6 is 0 Å². The number of hydrogen-bond donors (Lipinski definition) is 0. The lowest BCUT2D eigenvalue weighted by molar-refractivity contribution is -0.102. The summed E-state index contributed by atoms with van der Waals surface area (Å²) in [5.41, 5.74) is 0. The highest BCUT2D eigenvalue weighted by atomic mass is 16.7. The van der Waals surface area contributed by atoms with E-state index in [4.69, 9.17) is 14.7 Å². The second-order valence-corrected chi connectivity index (χ2v) is 2.00. The minimum absolute atomic E-state index is 0.144. The summed E-state index contributed by atoms with van der Waals surface area (Å²) in [6, 6.07) is 2.03. The van der Waals surface area contributed by atoms with Crippen molar-refractivity contribution in [2.24, 2.45) is 0 Å². The monoisotopic (exact) mass is 127 g/mol. The van der Waals surface area contributed by atoms with Gasteiger partial charge in [0.15, 0.2) is 6.29 Å². The summed E-state index contributed by atoms with van der Waals surface area (Å²) < 4.78 is 9.95. The standard InChI is InChI=1S/C6H9NO2/c1-8-6-3-2-5(4-7)9-6/h5-6H,2-3H2,1H3. The number of rotatable bonds is 1. The van der Waals surface area contributed by atoms with Crippen molar-refractivity contribution in [2.75, 3.05) is 7.11 Å². The second-order valence-electron chi connectivity index (χ2n) is 2.00. The third-order valence-corrected chi connectivity index (χ3v) is 1.39. The fourth-order valence-corrected chi connectivity index (χ4v) is 0.875. The van der Waals surface area contributed by atoms with Gasteiger partial charge in [0, 0.05) is 13.5 Å². The zero-order valence-electron chi connectivity index (χ0n) is 5.33.